The Balaban J connectivity index is 2.20. The van der Waals surface area contributed by atoms with Crippen molar-refractivity contribution >= 4 is 51.7 Å². The van der Waals surface area contributed by atoms with Crippen LogP contribution < -0.4 is 25.8 Å². The van der Waals surface area contributed by atoms with Crippen LogP contribution in [-0.4, -0.2) is 16.0 Å². The van der Waals surface area contributed by atoms with Crippen molar-refractivity contribution in [2.45, 2.75) is 38.1 Å². The summed E-state index contributed by atoms with van der Waals surface area (Å²) >= 11 is 3.29. The molecule has 1 heterocycles. The molecule has 3 aromatic rings. The van der Waals surface area contributed by atoms with Gasteiger partial charge in [0.05, 0.1) is 7.92 Å². The first-order valence-corrected chi connectivity index (χ1v) is 11.6. The van der Waals surface area contributed by atoms with Gasteiger partial charge in [0.2, 0.25) is 5.27 Å². The molecule has 0 aliphatic heterocycles. The van der Waals surface area contributed by atoms with Crippen LogP contribution in [0.15, 0.2) is 70.2 Å². The highest BCUT2D eigenvalue weighted by Gasteiger charge is 2.34. The van der Waals surface area contributed by atoms with E-state index in [0.29, 0.717) is 5.88 Å². The first-order chi connectivity index (χ1) is 13.6. The van der Waals surface area contributed by atoms with Gasteiger partial charge < -0.3 is 5.11 Å². The van der Waals surface area contributed by atoms with E-state index in [2.05, 4.69) is 57.4 Å². The third-order valence-electron chi connectivity index (χ3n) is 4.18. The Bertz CT molecular complexity index is 874. The summed E-state index contributed by atoms with van der Waals surface area (Å²) in [6.07, 6.45) is 2.01. The number of unbranched alkanes of at least 4 members (excludes halogenated alkanes) is 1. The highest BCUT2D eigenvalue weighted by atomic mass is 79.9. The minimum atomic E-state index is -0.972. The lowest BCUT2D eigenvalue weighted by atomic mass is 10.3. The van der Waals surface area contributed by atoms with Gasteiger partial charge in [-0.15, -0.1) is 0 Å². The van der Waals surface area contributed by atoms with Gasteiger partial charge in [-0.3, -0.25) is 4.52 Å². The van der Waals surface area contributed by atoms with Crippen molar-refractivity contribution in [3.05, 3.63) is 60.7 Å². The van der Waals surface area contributed by atoms with Gasteiger partial charge in [-0.2, -0.15) is 0 Å². The van der Waals surface area contributed by atoms with Crippen molar-refractivity contribution < 1.29 is 14.3 Å². The van der Waals surface area contributed by atoms with E-state index >= 15 is 0 Å². The SMILES string of the molecule is CCCC[n+]1noc(/N=C(\[O-])C(C)Br)c1P(c1ccccc1)c1ccccc1. The maximum Gasteiger partial charge on any atom is 0.329 e. The monoisotopic (exact) mass is 459 g/mol. The van der Waals surface area contributed by atoms with Crippen molar-refractivity contribution in [3.8, 4) is 0 Å². The lowest BCUT2D eigenvalue weighted by molar-refractivity contribution is -0.747. The third kappa shape index (κ3) is 4.86. The van der Waals surface area contributed by atoms with Crippen molar-refractivity contribution in [3.63, 3.8) is 0 Å². The molecule has 28 heavy (non-hydrogen) atoms. The van der Waals surface area contributed by atoms with Crippen molar-refractivity contribution in [1.29, 1.82) is 0 Å². The van der Waals surface area contributed by atoms with E-state index in [1.807, 2.05) is 41.1 Å². The average molecular weight is 460 g/mol. The number of aliphatic imine (C=N–C) groups is 1. The Morgan fingerprint density at radius 1 is 1.14 bits per heavy atom. The van der Waals surface area contributed by atoms with Crippen LogP contribution in [0.1, 0.15) is 26.7 Å². The van der Waals surface area contributed by atoms with E-state index in [-0.39, 0.29) is 10.7 Å². The summed E-state index contributed by atoms with van der Waals surface area (Å²) in [5, 5.41) is 18.8. The molecule has 0 radical (unpaired) electrons. The van der Waals surface area contributed by atoms with Gasteiger partial charge in [0, 0.05) is 11.2 Å². The second-order valence-corrected chi connectivity index (χ2v) is 9.85. The molecule has 0 N–H and O–H groups in total. The zero-order chi connectivity index (χ0) is 19.9. The Labute approximate surface area is 175 Å². The second-order valence-electron chi connectivity index (χ2n) is 6.35. The topological polar surface area (TPSA) is 65.3 Å². The van der Waals surface area contributed by atoms with Crippen LogP contribution in [0.2, 0.25) is 0 Å². The lowest BCUT2D eigenvalue weighted by Crippen LogP contribution is -2.50. The Morgan fingerprint density at radius 3 is 2.21 bits per heavy atom. The molecule has 5 nitrogen and oxygen atoms in total. The summed E-state index contributed by atoms with van der Waals surface area (Å²) in [5.74, 6) is 0.0161. The van der Waals surface area contributed by atoms with Crippen LogP contribution in [0, 0.1) is 0 Å². The van der Waals surface area contributed by atoms with Crippen LogP contribution in [0.5, 0.6) is 0 Å². The normalized spacial score (nSPS) is 13.1. The summed E-state index contributed by atoms with van der Waals surface area (Å²) in [7, 11) is -0.972. The first-order valence-electron chi connectivity index (χ1n) is 9.31. The fourth-order valence-electron chi connectivity index (χ4n) is 2.75. The van der Waals surface area contributed by atoms with Crippen LogP contribution in [0.3, 0.4) is 0 Å². The third-order valence-corrected chi connectivity index (χ3v) is 7.04. The quantitative estimate of drug-likeness (QED) is 0.171. The zero-order valence-corrected chi connectivity index (χ0v) is 18.4. The summed E-state index contributed by atoms with van der Waals surface area (Å²) in [6.45, 7) is 4.62. The number of benzene rings is 2. The number of hydrogen-bond acceptors (Lipinski definition) is 4. The van der Waals surface area contributed by atoms with Crippen LogP contribution in [-0.2, 0) is 6.54 Å². The Morgan fingerprint density at radius 2 is 1.71 bits per heavy atom. The molecule has 7 heteroatoms. The fraction of sp³-hybridized carbons (Fsp3) is 0.286. The number of aromatic nitrogens is 2. The highest BCUT2D eigenvalue weighted by Crippen LogP contribution is 2.35. The van der Waals surface area contributed by atoms with Gasteiger partial charge in [-0.1, -0.05) is 89.9 Å². The molecule has 0 spiro atoms. The molecule has 146 valence electrons. The number of halogens is 1. The van der Waals surface area contributed by atoms with Crippen molar-refractivity contribution in [2.75, 3.05) is 0 Å². The molecule has 1 unspecified atom stereocenters. The Kier molecular flexibility index (Phi) is 7.35. The summed E-state index contributed by atoms with van der Waals surface area (Å²) in [6, 6.07) is 20.5. The number of rotatable bonds is 8. The van der Waals surface area contributed by atoms with E-state index in [0.717, 1.165) is 35.4 Å². The predicted molar refractivity (Wildman–Crippen MR) is 116 cm³/mol. The van der Waals surface area contributed by atoms with Gasteiger partial charge in [-0.25, -0.2) is 4.99 Å². The number of aryl methyl sites for hydroxylation is 1. The van der Waals surface area contributed by atoms with E-state index in [4.69, 9.17) is 4.52 Å². The maximum atomic E-state index is 12.3. The van der Waals surface area contributed by atoms with Gasteiger partial charge in [-0.05, 0) is 28.1 Å². The molecule has 0 saturated carbocycles. The molecule has 1 aromatic heterocycles. The number of hydrogen-bond donors (Lipinski definition) is 0. The van der Waals surface area contributed by atoms with Gasteiger partial charge >= 0.3 is 11.3 Å². The molecule has 3 rings (SSSR count). The smallest absolute Gasteiger partial charge is 0.329 e. The molecule has 0 amide bonds. The van der Waals surface area contributed by atoms with E-state index in [1.54, 1.807) is 6.92 Å². The van der Waals surface area contributed by atoms with Gasteiger partial charge in [0.25, 0.3) is 0 Å². The standard InChI is InChI=1S/C21H23BrN3O2P/c1-3-4-15-25-21(20(27-24-25)23-19(26)16(2)22)28(17-11-7-5-8-12-17)18-13-9-6-10-14-18/h5-14,16H,3-4,15H2,1-2H3. The molecule has 2 aromatic carbocycles. The van der Waals surface area contributed by atoms with Crippen LogP contribution >= 0.6 is 23.9 Å². The summed E-state index contributed by atoms with van der Waals surface area (Å²) in [5.41, 5.74) is 0.863. The fourth-order valence-corrected chi connectivity index (χ4v) is 5.23. The van der Waals surface area contributed by atoms with E-state index < -0.39 is 7.92 Å². The molecular formula is C21H23BrN3O2P. The molecule has 0 fully saturated rings. The van der Waals surface area contributed by atoms with Gasteiger partial charge in [0.15, 0.2) is 6.54 Å². The number of nitrogens with zero attached hydrogens (tertiary/aromatic N) is 3. The van der Waals surface area contributed by atoms with E-state index in [9.17, 15) is 5.11 Å². The van der Waals surface area contributed by atoms with Crippen LogP contribution in [0.4, 0.5) is 5.88 Å². The molecule has 0 aliphatic rings. The maximum absolute atomic E-state index is 12.3. The minimum absolute atomic E-state index is 0.281. The second kappa shape index (κ2) is 9.94. The number of alkyl halides is 1. The molecular weight excluding hydrogens is 437 g/mol. The van der Waals surface area contributed by atoms with Crippen molar-refractivity contribution in [2.24, 2.45) is 4.99 Å². The van der Waals surface area contributed by atoms with Crippen molar-refractivity contribution in [1.82, 2.24) is 5.27 Å². The lowest BCUT2D eigenvalue weighted by Gasteiger charge is -2.15. The molecule has 1 atom stereocenters. The Hall–Kier alpha value is -2.04. The highest BCUT2D eigenvalue weighted by molar-refractivity contribution is 9.10. The zero-order valence-electron chi connectivity index (χ0n) is 16.0. The average Bonchev–Trinajstić information content (AvgIpc) is 3.10. The molecule has 0 saturated heterocycles. The first kappa shape index (κ1) is 20.7. The predicted octanol–water partition coefficient (Wildman–Crippen LogP) is 2.69. The largest absolute Gasteiger partial charge is 0.861 e. The summed E-state index contributed by atoms with van der Waals surface area (Å²) in [4.78, 5) is 3.86. The van der Waals surface area contributed by atoms with E-state index in [1.165, 1.54) is 0 Å². The van der Waals surface area contributed by atoms with Crippen LogP contribution in [0.25, 0.3) is 0 Å². The molecule has 0 bridgehead atoms. The summed E-state index contributed by atoms with van der Waals surface area (Å²) < 4.78 is 7.43. The minimum Gasteiger partial charge on any atom is -0.861 e. The molecule has 0 aliphatic carbocycles. The van der Waals surface area contributed by atoms with Gasteiger partial charge in [0.1, 0.15) is 0 Å².